The van der Waals surface area contributed by atoms with E-state index in [4.69, 9.17) is 4.98 Å². The maximum Gasteiger partial charge on any atom is 0.262 e. The van der Waals surface area contributed by atoms with E-state index in [1.807, 2.05) is 0 Å². The van der Waals surface area contributed by atoms with Crippen LogP contribution >= 0.6 is 11.3 Å². The molecular formula is C22H26N4O3S. The smallest absolute Gasteiger partial charge is 0.262 e. The molecule has 30 heavy (non-hydrogen) atoms. The van der Waals surface area contributed by atoms with Crippen molar-refractivity contribution in [2.75, 3.05) is 32.7 Å². The predicted molar refractivity (Wildman–Crippen MR) is 114 cm³/mol. The Morgan fingerprint density at radius 2 is 1.63 bits per heavy atom. The summed E-state index contributed by atoms with van der Waals surface area (Å²) in [6.07, 6.45) is 0. The number of hydrogen-bond donors (Lipinski definition) is 0. The van der Waals surface area contributed by atoms with E-state index >= 15 is 0 Å². The summed E-state index contributed by atoms with van der Waals surface area (Å²) in [4.78, 5) is 47.5. The molecule has 3 heterocycles. The number of carbonyl (C=O) groups is 3. The molecule has 0 aliphatic carbocycles. The number of piperazine rings is 1. The fraction of sp³-hybridized carbons (Fsp3) is 0.455. The van der Waals surface area contributed by atoms with Crippen LogP contribution in [0.15, 0.2) is 29.6 Å². The molecule has 7 nitrogen and oxygen atoms in total. The minimum Gasteiger partial charge on any atom is -0.339 e. The van der Waals surface area contributed by atoms with Gasteiger partial charge in [0.15, 0.2) is 0 Å². The van der Waals surface area contributed by atoms with Gasteiger partial charge in [-0.3, -0.25) is 24.2 Å². The van der Waals surface area contributed by atoms with Gasteiger partial charge in [0.25, 0.3) is 11.8 Å². The van der Waals surface area contributed by atoms with Crippen LogP contribution in [-0.2, 0) is 16.8 Å². The van der Waals surface area contributed by atoms with E-state index in [1.54, 1.807) is 40.5 Å². The molecule has 1 aromatic carbocycles. The predicted octanol–water partition coefficient (Wildman–Crippen LogP) is 2.38. The van der Waals surface area contributed by atoms with Crippen molar-refractivity contribution in [1.82, 2.24) is 19.7 Å². The zero-order valence-corrected chi connectivity index (χ0v) is 18.4. The lowest BCUT2D eigenvalue weighted by Gasteiger charge is -2.34. The first-order valence-electron chi connectivity index (χ1n) is 10.1. The number of benzene rings is 1. The van der Waals surface area contributed by atoms with E-state index in [0.717, 1.165) is 35.2 Å². The van der Waals surface area contributed by atoms with E-state index in [-0.39, 0.29) is 29.7 Å². The molecule has 0 atom stereocenters. The average molecular weight is 427 g/mol. The van der Waals surface area contributed by atoms with E-state index in [9.17, 15) is 14.4 Å². The number of rotatable bonds is 4. The summed E-state index contributed by atoms with van der Waals surface area (Å²) in [7, 11) is 0. The highest BCUT2D eigenvalue weighted by atomic mass is 32.1. The molecule has 3 amide bonds. The van der Waals surface area contributed by atoms with Crippen molar-refractivity contribution >= 4 is 29.1 Å². The third-order valence-electron chi connectivity index (χ3n) is 5.58. The summed E-state index contributed by atoms with van der Waals surface area (Å²) < 4.78 is 0. The van der Waals surface area contributed by atoms with Crippen LogP contribution in [0.2, 0.25) is 0 Å². The molecule has 0 bridgehead atoms. The molecule has 0 spiro atoms. The van der Waals surface area contributed by atoms with Crippen LogP contribution in [0.1, 0.15) is 52.2 Å². The van der Waals surface area contributed by atoms with Gasteiger partial charge in [-0.05, 0) is 12.1 Å². The highest BCUT2D eigenvalue weighted by Crippen LogP contribution is 2.25. The Morgan fingerprint density at radius 3 is 2.17 bits per heavy atom. The molecule has 1 saturated heterocycles. The minimum atomic E-state index is -0.388. The zero-order valence-electron chi connectivity index (χ0n) is 17.6. The van der Waals surface area contributed by atoms with Gasteiger partial charge in [0.2, 0.25) is 5.91 Å². The molecule has 0 N–H and O–H groups in total. The fourth-order valence-corrected chi connectivity index (χ4v) is 4.75. The lowest BCUT2D eigenvalue weighted by molar-refractivity contribution is -0.133. The van der Waals surface area contributed by atoms with Gasteiger partial charge < -0.3 is 4.90 Å². The molecule has 0 radical (unpaired) electrons. The van der Waals surface area contributed by atoms with E-state index in [2.05, 4.69) is 31.1 Å². The zero-order chi connectivity index (χ0) is 21.5. The van der Waals surface area contributed by atoms with E-state index in [1.165, 1.54) is 0 Å². The summed E-state index contributed by atoms with van der Waals surface area (Å²) >= 11 is 1.68. The first kappa shape index (κ1) is 20.7. The first-order chi connectivity index (χ1) is 14.2. The Bertz CT molecular complexity index is 951. The van der Waals surface area contributed by atoms with E-state index in [0.29, 0.717) is 24.2 Å². The first-order valence-corrected chi connectivity index (χ1v) is 11.0. The largest absolute Gasteiger partial charge is 0.339 e. The molecule has 2 aliphatic heterocycles. The number of amides is 3. The maximum atomic E-state index is 12.7. The third kappa shape index (κ3) is 4.02. The molecule has 1 aromatic heterocycles. The Labute approximate surface area is 180 Å². The van der Waals surface area contributed by atoms with Crippen LogP contribution in [0.4, 0.5) is 0 Å². The monoisotopic (exact) mass is 426 g/mol. The molecule has 2 aromatic rings. The number of aromatic nitrogens is 1. The Morgan fingerprint density at radius 1 is 1.03 bits per heavy atom. The van der Waals surface area contributed by atoms with Crippen LogP contribution in [0.3, 0.4) is 0 Å². The normalized spacial score (nSPS) is 17.6. The molecule has 0 unspecified atom stereocenters. The van der Waals surface area contributed by atoms with Gasteiger partial charge in [0.05, 0.1) is 23.4 Å². The molecule has 8 heteroatoms. The van der Waals surface area contributed by atoms with Gasteiger partial charge in [-0.25, -0.2) is 4.98 Å². The minimum absolute atomic E-state index is 0.0456. The second kappa shape index (κ2) is 7.92. The van der Waals surface area contributed by atoms with Crippen molar-refractivity contribution in [2.24, 2.45) is 0 Å². The van der Waals surface area contributed by atoms with Crippen molar-refractivity contribution in [1.29, 1.82) is 0 Å². The number of carbonyl (C=O) groups excluding carboxylic acids is 3. The summed E-state index contributed by atoms with van der Waals surface area (Å²) in [6.45, 7) is 9.71. The molecule has 0 saturated carbocycles. The summed E-state index contributed by atoms with van der Waals surface area (Å²) in [6, 6.07) is 6.70. The van der Waals surface area contributed by atoms with Crippen molar-refractivity contribution in [3.63, 3.8) is 0 Å². The molecule has 158 valence electrons. The van der Waals surface area contributed by atoms with Gasteiger partial charge in [-0.2, -0.15) is 0 Å². The Balaban J connectivity index is 1.30. The van der Waals surface area contributed by atoms with E-state index < -0.39 is 0 Å². The Hall–Kier alpha value is -2.58. The standard InChI is InChI=1S/C22H26N4O3S/c1-22(2,3)17-14-30-18(23-17)12-24-8-10-25(11-9-24)19(27)13-26-20(28)15-6-4-5-7-16(15)21(26)29/h4-7,14H,8-13H2,1-3H3. The van der Waals surface area contributed by atoms with Gasteiger partial charge >= 0.3 is 0 Å². The van der Waals surface area contributed by atoms with Crippen LogP contribution in [0.5, 0.6) is 0 Å². The van der Waals surface area contributed by atoms with Gasteiger partial charge in [0, 0.05) is 37.0 Å². The highest BCUT2D eigenvalue weighted by molar-refractivity contribution is 7.09. The maximum absolute atomic E-state index is 12.7. The average Bonchev–Trinajstić information content (AvgIpc) is 3.28. The molecule has 2 aliphatic rings. The lowest BCUT2D eigenvalue weighted by Crippen LogP contribution is -2.51. The quantitative estimate of drug-likeness (QED) is 0.702. The SMILES string of the molecule is CC(C)(C)c1csc(CN2CCN(C(=O)CN3C(=O)c4ccccc4C3=O)CC2)n1. The number of nitrogens with zero attached hydrogens (tertiary/aromatic N) is 4. The van der Waals surface area contributed by atoms with Gasteiger partial charge in [0.1, 0.15) is 11.6 Å². The Kier molecular flexibility index (Phi) is 5.46. The van der Waals surface area contributed by atoms with Crippen molar-refractivity contribution in [3.8, 4) is 0 Å². The number of hydrogen-bond acceptors (Lipinski definition) is 6. The summed E-state index contributed by atoms with van der Waals surface area (Å²) in [5, 5.41) is 3.21. The summed E-state index contributed by atoms with van der Waals surface area (Å²) in [5.74, 6) is -0.963. The summed E-state index contributed by atoms with van der Waals surface area (Å²) in [5.41, 5.74) is 1.90. The van der Waals surface area contributed by atoms with Crippen LogP contribution in [0, 0.1) is 0 Å². The number of thiazole rings is 1. The number of fused-ring (bicyclic) bond motifs is 1. The third-order valence-corrected chi connectivity index (χ3v) is 6.41. The van der Waals surface area contributed by atoms with Crippen LogP contribution < -0.4 is 0 Å². The number of imide groups is 1. The molecular weight excluding hydrogens is 400 g/mol. The van der Waals surface area contributed by atoms with Crippen molar-refractivity contribution < 1.29 is 14.4 Å². The topological polar surface area (TPSA) is 73.8 Å². The highest BCUT2D eigenvalue weighted by Gasteiger charge is 2.37. The van der Waals surface area contributed by atoms with Crippen molar-refractivity contribution in [3.05, 3.63) is 51.5 Å². The van der Waals surface area contributed by atoms with Crippen LogP contribution in [0.25, 0.3) is 0 Å². The fourth-order valence-electron chi connectivity index (χ4n) is 3.69. The van der Waals surface area contributed by atoms with Crippen LogP contribution in [-0.4, -0.2) is 70.1 Å². The van der Waals surface area contributed by atoms with Gasteiger partial charge in [-0.1, -0.05) is 32.9 Å². The van der Waals surface area contributed by atoms with Crippen molar-refractivity contribution in [2.45, 2.75) is 32.7 Å². The molecule has 1 fully saturated rings. The second-order valence-electron chi connectivity index (χ2n) is 8.78. The molecule has 4 rings (SSSR count). The lowest BCUT2D eigenvalue weighted by atomic mass is 9.93. The van der Waals surface area contributed by atoms with Gasteiger partial charge in [-0.15, -0.1) is 11.3 Å². The second-order valence-corrected chi connectivity index (χ2v) is 9.72.